The smallest absolute Gasteiger partial charge is 0.311 e. The molecule has 0 N–H and O–H groups in total. The Balaban J connectivity index is 1.28. The maximum atomic E-state index is 12.4. The number of carbonyl (C=O) groups excluding carboxylic acids is 2. The maximum Gasteiger partial charge on any atom is 0.311 e. The number of rotatable bonds is 5. The molecule has 2 aliphatic rings. The molecule has 0 bridgehead atoms. The highest BCUT2D eigenvalue weighted by Crippen LogP contribution is 2.25. The molecular weight excluding hydrogens is 354 g/mol. The fraction of sp³-hybridized carbons (Fsp3) is 0.318. The van der Waals surface area contributed by atoms with Crippen LogP contribution in [-0.2, 0) is 20.9 Å². The molecule has 4 rings (SSSR count). The van der Waals surface area contributed by atoms with Crippen LogP contribution in [0.4, 0.5) is 5.69 Å². The summed E-state index contributed by atoms with van der Waals surface area (Å²) in [6.07, 6.45) is 0.198. The third-order valence-electron chi connectivity index (χ3n) is 5.22. The molecule has 2 aliphatic heterocycles. The number of fused-ring (bicyclic) bond motifs is 1. The van der Waals surface area contributed by atoms with Crippen molar-refractivity contribution in [3.63, 3.8) is 0 Å². The lowest BCUT2D eigenvalue weighted by Gasteiger charge is -2.20. The van der Waals surface area contributed by atoms with Crippen molar-refractivity contribution in [1.29, 1.82) is 0 Å². The topological polar surface area (TPSA) is 62.2 Å². The Labute approximate surface area is 164 Å². The summed E-state index contributed by atoms with van der Waals surface area (Å²) in [5.74, 6) is 0.164. The molecule has 0 saturated carbocycles. The summed E-state index contributed by atoms with van der Waals surface area (Å²) in [7, 11) is 1.95. The van der Waals surface area contributed by atoms with E-state index in [9.17, 15) is 9.59 Å². The number of carbonyl (C=O) groups is 2. The summed E-state index contributed by atoms with van der Waals surface area (Å²) < 4.78 is 5.46. The summed E-state index contributed by atoms with van der Waals surface area (Å²) in [5.41, 5.74) is 3.17. The molecule has 2 heterocycles. The van der Waals surface area contributed by atoms with Gasteiger partial charge in [-0.3, -0.25) is 14.6 Å². The molecule has 28 heavy (non-hydrogen) atoms. The second-order valence-corrected chi connectivity index (χ2v) is 7.13. The van der Waals surface area contributed by atoms with E-state index >= 15 is 0 Å². The highest BCUT2D eigenvalue weighted by molar-refractivity contribution is 6.02. The van der Waals surface area contributed by atoms with E-state index in [-0.39, 0.29) is 24.9 Å². The van der Waals surface area contributed by atoms with Crippen LogP contribution in [-0.4, -0.2) is 49.4 Å². The number of ether oxygens (including phenoxy) is 1. The molecule has 0 spiro atoms. The number of amides is 1. The summed E-state index contributed by atoms with van der Waals surface area (Å²) in [6.45, 7) is 1.89. The molecule has 0 aliphatic carbocycles. The zero-order valence-corrected chi connectivity index (χ0v) is 15.9. The molecule has 1 fully saturated rings. The number of aliphatic imine (C=N–C) groups is 1. The molecule has 2 aromatic rings. The first-order chi connectivity index (χ1) is 13.6. The van der Waals surface area contributed by atoms with Gasteiger partial charge in [-0.1, -0.05) is 42.5 Å². The van der Waals surface area contributed by atoms with Crippen LogP contribution >= 0.6 is 0 Å². The van der Waals surface area contributed by atoms with Gasteiger partial charge in [0, 0.05) is 31.3 Å². The number of likely N-dealkylation sites (N-methyl/N-ethyl adjacent to an activating group) is 1. The summed E-state index contributed by atoms with van der Waals surface area (Å²) >= 11 is 0. The number of hydrogen-bond acceptors (Lipinski definition) is 5. The standard InChI is InChI=1S/C22H23N3O3/c1-24(21-19-10-6-5-7-16(19)14-23-21)11-12-28-22(27)17-13-20(26)25(15-17)18-8-3-2-4-9-18/h2-10,17H,11-15H2,1H3. The van der Waals surface area contributed by atoms with E-state index in [0.717, 1.165) is 17.1 Å². The quantitative estimate of drug-likeness (QED) is 0.751. The third-order valence-corrected chi connectivity index (χ3v) is 5.22. The van der Waals surface area contributed by atoms with E-state index in [1.165, 1.54) is 5.56 Å². The van der Waals surface area contributed by atoms with E-state index in [2.05, 4.69) is 17.1 Å². The van der Waals surface area contributed by atoms with Gasteiger partial charge in [-0.05, 0) is 17.7 Å². The summed E-state index contributed by atoms with van der Waals surface area (Å²) in [6, 6.07) is 17.6. The van der Waals surface area contributed by atoms with E-state index in [4.69, 9.17) is 4.74 Å². The SMILES string of the molecule is CN(CCOC(=O)C1CC(=O)N(c2ccccc2)C1)C1=NCc2ccccc21. The molecule has 1 amide bonds. The van der Waals surface area contributed by atoms with Crippen LogP contribution in [0.3, 0.4) is 0 Å². The summed E-state index contributed by atoms with van der Waals surface area (Å²) in [4.78, 5) is 32.9. The predicted octanol–water partition coefficient (Wildman–Crippen LogP) is 2.47. The number of anilines is 1. The fourth-order valence-corrected chi connectivity index (χ4v) is 3.68. The zero-order chi connectivity index (χ0) is 19.5. The Morgan fingerprint density at radius 3 is 2.75 bits per heavy atom. The first-order valence-electron chi connectivity index (χ1n) is 9.49. The largest absolute Gasteiger partial charge is 0.464 e. The van der Waals surface area contributed by atoms with Crippen LogP contribution in [0.2, 0.25) is 0 Å². The van der Waals surface area contributed by atoms with Gasteiger partial charge < -0.3 is 14.5 Å². The Kier molecular flexibility index (Phi) is 5.10. The molecule has 1 unspecified atom stereocenters. The van der Waals surface area contributed by atoms with Gasteiger partial charge in [0.1, 0.15) is 12.4 Å². The molecule has 0 radical (unpaired) electrons. The van der Waals surface area contributed by atoms with Crippen LogP contribution in [0.5, 0.6) is 0 Å². The van der Waals surface area contributed by atoms with Gasteiger partial charge in [0.25, 0.3) is 0 Å². The van der Waals surface area contributed by atoms with Crippen molar-refractivity contribution < 1.29 is 14.3 Å². The number of esters is 1. The first-order valence-corrected chi connectivity index (χ1v) is 9.49. The molecular formula is C22H23N3O3. The predicted molar refractivity (Wildman–Crippen MR) is 107 cm³/mol. The fourth-order valence-electron chi connectivity index (χ4n) is 3.68. The van der Waals surface area contributed by atoms with Crippen molar-refractivity contribution in [2.45, 2.75) is 13.0 Å². The number of amidine groups is 1. The van der Waals surface area contributed by atoms with E-state index < -0.39 is 5.92 Å². The molecule has 1 atom stereocenters. The van der Waals surface area contributed by atoms with Gasteiger partial charge in [-0.2, -0.15) is 0 Å². The number of nitrogens with zero attached hydrogens (tertiary/aromatic N) is 3. The highest BCUT2D eigenvalue weighted by atomic mass is 16.5. The average Bonchev–Trinajstić information content (AvgIpc) is 3.32. The molecule has 0 aromatic heterocycles. The van der Waals surface area contributed by atoms with Crippen LogP contribution < -0.4 is 4.90 Å². The van der Waals surface area contributed by atoms with Gasteiger partial charge in [0.2, 0.25) is 5.91 Å². The monoisotopic (exact) mass is 377 g/mol. The third kappa shape index (κ3) is 3.63. The van der Waals surface area contributed by atoms with Crippen LogP contribution in [0.1, 0.15) is 17.5 Å². The number of para-hydroxylation sites is 1. The van der Waals surface area contributed by atoms with Crippen molar-refractivity contribution in [2.75, 3.05) is 31.6 Å². The second-order valence-electron chi connectivity index (χ2n) is 7.13. The molecule has 2 aromatic carbocycles. The summed E-state index contributed by atoms with van der Waals surface area (Å²) in [5, 5.41) is 0. The average molecular weight is 377 g/mol. The minimum Gasteiger partial charge on any atom is -0.464 e. The molecule has 6 heteroatoms. The van der Waals surface area contributed by atoms with Crippen LogP contribution in [0.15, 0.2) is 59.6 Å². The number of hydrogen-bond donors (Lipinski definition) is 0. The zero-order valence-electron chi connectivity index (χ0n) is 15.9. The van der Waals surface area contributed by atoms with Crippen molar-refractivity contribution >= 4 is 23.4 Å². The maximum absolute atomic E-state index is 12.4. The van der Waals surface area contributed by atoms with E-state index in [1.54, 1.807) is 4.90 Å². The van der Waals surface area contributed by atoms with Crippen LogP contribution in [0.25, 0.3) is 0 Å². The molecule has 6 nitrogen and oxygen atoms in total. The van der Waals surface area contributed by atoms with Crippen molar-refractivity contribution in [1.82, 2.24) is 4.90 Å². The van der Waals surface area contributed by atoms with Gasteiger partial charge in [0.15, 0.2) is 0 Å². The van der Waals surface area contributed by atoms with Gasteiger partial charge in [0.05, 0.1) is 19.0 Å². The number of benzene rings is 2. The van der Waals surface area contributed by atoms with Crippen LogP contribution in [0, 0.1) is 5.92 Å². The van der Waals surface area contributed by atoms with Gasteiger partial charge in [-0.15, -0.1) is 0 Å². The van der Waals surface area contributed by atoms with Gasteiger partial charge >= 0.3 is 5.97 Å². The Bertz CT molecular complexity index is 910. The lowest BCUT2D eigenvalue weighted by Crippen LogP contribution is -2.32. The van der Waals surface area contributed by atoms with E-state index in [1.807, 2.05) is 54.4 Å². The normalized spacial score (nSPS) is 18.0. The Morgan fingerprint density at radius 1 is 1.18 bits per heavy atom. The molecule has 144 valence electrons. The van der Waals surface area contributed by atoms with Crippen molar-refractivity contribution in [3.05, 3.63) is 65.7 Å². The van der Waals surface area contributed by atoms with Crippen molar-refractivity contribution in [3.8, 4) is 0 Å². The Morgan fingerprint density at radius 2 is 1.93 bits per heavy atom. The lowest BCUT2D eigenvalue weighted by atomic mass is 10.1. The minimum absolute atomic E-state index is 0.0396. The van der Waals surface area contributed by atoms with E-state index in [0.29, 0.717) is 19.6 Å². The lowest BCUT2D eigenvalue weighted by molar-refractivity contribution is -0.148. The first kappa shape index (κ1) is 18.2. The van der Waals surface area contributed by atoms with Crippen molar-refractivity contribution in [2.24, 2.45) is 10.9 Å². The highest BCUT2D eigenvalue weighted by Gasteiger charge is 2.36. The Hall–Kier alpha value is -3.15. The molecule has 1 saturated heterocycles. The van der Waals surface area contributed by atoms with Gasteiger partial charge in [-0.25, -0.2) is 0 Å². The minimum atomic E-state index is -0.414. The second kappa shape index (κ2) is 7.84.